The van der Waals surface area contributed by atoms with Gasteiger partial charge in [0.2, 0.25) is 0 Å². The van der Waals surface area contributed by atoms with Crippen molar-refractivity contribution in [1.82, 2.24) is 0 Å². The molecule has 5 aromatic rings. The zero-order chi connectivity index (χ0) is 24.6. The number of furan rings is 1. The fourth-order valence-electron chi connectivity index (χ4n) is 5.93. The first kappa shape index (κ1) is 27.5. The van der Waals surface area contributed by atoms with Crippen LogP contribution in [0.5, 0.6) is 0 Å². The van der Waals surface area contributed by atoms with Crippen molar-refractivity contribution in [3.63, 3.8) is 0 Å². The molecule has 190 valence electrons. The summed E-state index contributed by atoms with van der Waals surface area (Å²) in [6, 6.07) is 40.3. The maximum atomic E-state index is 5.55. The number of allylic oxidation sites excluding steroid dienone is 4. The molecule has 1 aromatic heterocycles. The van der Waals surface area contributed by atoms with E-state index in [4.69, 9.17) is 4.42 Å². The predicted octanol–water partition coefficient (Wildman–Crippen LogP) is 1.74. The van der Waals surface area contributed by atoms with Crippen LogP contribution >= 0.6 is 0 Å². The summed E-state index contributed by atoms with van der Waals surface area (Å²) in [5, 5.41) is 0. The smallest absolute Gasteiger partial charge is 1.00 e. The third-order valence-corrected chi connectivity index (χ3v) is 15.3. The van der Waals surface area contributed by atoms with Gasteiger partial charge < -0.3 is 24.8 Å². The number of hydrogen-bond acceptors (Lipinski definition) is 1. The first-order valence-electron chi connectivity index (χ1n) is 12.9. The summed E-state index contributed by atoms with van der Waals surface area (Å²) in [6.07, 6.45) is 10.4. The molecule has 0 amide bonds. The Bertz CT molecular complexity index is 1660. The summed E-state index contributed by atoms with van der Waals surface area (Å²) in [4.78, 5) is 0. The molecule has 0 saturated carbocycles. The fraction of sp³-hybridized carbons (Fsp3) is 0.0571. The Morgan fingerprint density at radius 3 is 2.03 bits per heavy atom. The number of fused-ring (bicyclic) bond motifs is 3. The Labute approximate surface area is 249 Å². The Balaban J connectivity index is 0.00000154. The molecule has 0 saturated heterocycles. The fourth-order valence-corrected chi connectivity index (χ4v) is 14.3. The largest absolute Gasteiger partial charge is 1.00 e. The van der Waals surface area contributed by atoms with Gasteiger partial charge in [0.05, 0.1) is 0 Å². The Morgan fingerprint density at radius 2 is 1.33 bits per heavy atom. The average Bonchev–Trinajstić information content (AvgIpc) is 3.72. The Kier molecular flexibility index (Phi) is 8.48. The van der Waals surface area contributed by atoms with Gasteiger partial charge in [0.15, 0.2) is 0 Å². The second-order valence-electron chi connectivity index (χ2n) is 9.66. The summed E-state index contributed by atoms with van der Waals surface area (Å²) >= 11 is -2.73. The molecule has 0 aliphatic heterocycles. The number of halogens is 2. The molecule has 1 nitrogen and oxygen atoms in total. The van der Waals surface area contributed by atoms with Crippen LogP contribution in [0, 0.1) is 0 Å². The van der Waals surface area contributed by atoms with Crippen LogP contribution in [0.1, 0.15) is 34.2 Å². The SMILES string of the molecule is C1=CC(c2ccoc2)=[C]([Zr+2](=[C](c2ccccc2)c2ccccc2)[c]2cccc3c2Cc2ccccc2-3)C1.[Cl-].[Cl-]. The zero-order valence-corrected chi connectivity index (χ0v) is 25.2. The second kappa shape index (κ2) is 12.0. The molecule has 1 heterocycles. The van der Waals surface area contributed by atoms with Gasteiger partial charge in [-0.25, -0.2) is 0 Å². The number of hydrogen-bond donors (Lipinski definition) is 0. The monoisotopic (exact) mass is 622 g/mol. The van der Waals surface area contributed by atoms with Gasteiger partial charge in [0, 0.05) is 0 Å². The Morgan fingerprint density at radius 1 is 0.667 bits per heavy atom. The molecule has 4 aromatic carbocycles. The van der Waals surface area contributed by atoms with E-state index < -0.39 is 21.3 Å². The predicted molar refractivity (Wildman–Crippen MR) is 150 cm³/mol. The molecule has 2 aliphatic carbocycles. The molecule has 0 bridgehead atoms. The molecule has 0 radical (unpaired) electrons. The van der Waals surface area contributed by atoms with Crippen molar-refractivity contribution in [3.8, 4) is 11.1 Å². The molecule has 4 heteroatoms. The normalized spacial score (nSPS) is 12.6. The van der Waals surface area contributed by atoms with E-state index in [2.05, 4.69) is 121 Å². The summed E-state index contributed by atoms with van der Waals surface area (Å²) in [5.74, 6) is 0. The molecule has 39 heavy (non-hydrogen) atoms. The van der Waals surface area contributed by atoms with E-state index in [9.17, 15) is 0 Å². The molecule has 0 N–H and O–H groups in total. The summed E-state index contributed by atoms with van der Waals surface area (Å²) in [6.45, 7) is 0. The molecular weight excluding hydrogens is 599 g/mol. The molecule has 0 unspecified atom stereocenters. The third-order valence-electron chi connectivity index (χ3n) is 7.56. The topological polar surface area (TPSA) is 13.1 Å². The van der Waals surface area contributed by atoms with Gasteiger partial charge in [-0.1, -0.05) is 0 Å². The van der Waals surface area contributed by atoms with Crippen LogP contribution in [0.3, 0.4) is 0 Å². The van der Waals surface area contributed by atoms with E-state index in [1.807, 2.05) is 6.26 Å². The van der Waals surface area contributed by atoms with Gasteiger partial charge in [0.1, 0.15) is 0 Å². The minimum Gasteiger partial charge on any atom is -1.00 e. The van der Waals surface area contributed by atoms with Crippen LogP contribution in [0.25, 0.3) is 16.7 Å². The van der Waals surface area contributed by atoms with Crippen LogP contribution in [0.4, 0.5) is 0 Å². The number of rotatable bonds is 5. The van der Waals surface area contributed by atoms with Crippen LogP contribution in [0.2, 0.25) is 0 Å². The van der Waals surface area contributed by atoms with E-state index in [1.165, 1.54) is 44.5 Å². The van der Waals surface area contributed by atoms with Gasteiger partial charge in [-0.2, -0.15) is 0 Å². The molecule has 0 spiro atoms. The summed E-state index contributed by atoms with van der Waals surface area (Å²) < 4.78 is 10.3. The van der Waals surface area contributed by atoms with Gasteiger partial charge >= 0.3 is 227 Å². The van der Waals surface area contributed by atoms with Crippen molar-refractivity contribution in [2.24, 2.45) is 0 Å². The first-order valence-corrected chi connectivity index (χ1v) is 16.6. The standard InChI is InChI=1S/C13H9.C13H10.C9H7O.2ClH.Zr/c1-3-7-12-10(5-1)9-11-6-2-4-8-13(11)12;1-3-7-12(8-4-1)11-13-9-5-2-6-10-13;1-2-4-8(3-1)9-5-6-10-7-9;;;/h1-5,7-8H,9H2;1-10H;1,3,5-7H,2H2;2*1H;/q;;;;;+2/p-2. The van der Waals surface area contributed by atoms with E-state index >= 15 is 0 Å². The number of benzene rings is 4. The van der Waals surface area contributed by atoms with Gasteiger partial charge in [-0.3, -0.25) is 0 Å². The van der Waals surface area contributed by atoms with Crippen molar-refractivity contribution < 1.29 is 50.5 Å². The van der Waals surface area contributed by atoms with Gasteiger partial charge in [-0.05, 0) is 0 Å². The van der Waals surface area contributed by atoms with Crippen molar-refractivity contribution in [3.05, 3.63) is 165 Å². The summed E-state index contributed by atoms with van der Waals surface area (Å²) in [5.41, 5.74) is 11.1. The minimum atomic E-state index is -2.73. The second-order valence-corrected chi connectivity index (χ2v) is 15.5. The van der Waals surface area contributed by atoms with Crippen LogP contribution in [-0.2, 0) is 27.7 Å². The van der Waals surface area contributed by atoms with E-state index in [1.54, 1.807) is 16.0 Å². The van der Waals surface area contributed by atoms with Crippen molar-refractivity contribution in [2.75, 3.05) is 0 Å². The van der Waals surface area contributed by atoms with Crippen LogP contribution in [0.15, 0.2) is 142 Å². The molecule has 0 fully saturated rings. The van der Waals surface area contributed by atoms with Crippen LogP contribution < -0.4 is 28.1 Å². The zero-order valence-electron chi connectivity index (χ0n) is 21.3. The minimum absolute atomic E-state index is 0. The Hall–Kier alpha value is -3.03. The van der Waals surface area contributed by atoms with Crippen molar-refractivity contribution in [2.45, 2.75) is 12.8 Å². The van der Waals surface area contributed by atoms with E-state index in [-0.39, 0.29) is 24.8 Å². The maximum absolute atomic E-state index is 5.55. The molecule has 7 rings (SSSR count). The first-order chi connectivity index (χ1) is 18.4. The molecule has 2 aliphatic rings. The summed E-state index contributed by atoms with van der Waals surface area (Å²) in [7, 11) is 0. The van der Waals surface area contributed by atoms with Crippen molar-refractivity contribution >= 4 is 12.1 Å². The van der Waals surface area contributed by atoms with Crippen LogP contribution in [-0.4, -0.2) is 3.21 Å². The molecular formula is C35H26Cl2OZr. The van der Waals surface area contributed by atoms with E-state index in [0.717, 1.165) is 12.8 Å². The van der Waals surface area contributed by atoms with Crippen molar-refractivity contribution in [1.29, 1.82) is 0 Å². The molecule has 0 atom stereocenters. The maximum Gasteiger partial charge on any atom is -1.00 e. The quantitative estimate of drug-likeness (QED) is 0.285. The van der Waals surface area contributed by atoms with E-state index in [0.29, 0.717) is 0 Å². The average molecular weight is 625 g/mol. The van der Waals surface area contributed by atoms with Gasteiger partial charge in [0.25, 0.3) is 0 Å². The third kappa shape index (κ3) is 5.03. The van der Waals surface area contributed by atoms with Gasteiger partial charge in [-0.15, -0.1) is 0 Å².